The van der Waals surface area contributed by atoms with Crippen molar-refractivity contribution in [2.75, 3.05) is 10.8 Å². The summed E-state index contributed by atoms with van der Waals surface area (Å²) in [4.78, 5) is 18.9. The molecule has 1 aromatic carbocycles. The summed E-state index contributed by atoms with van der Waals surface area (Å²) in [5, 5.41) is 2.61. The van der Waals surface area contributed by atoms with E-state index in [9.17, 15) is 4.79 Å². The summed E-state index contributed by atoms with van der Waals surface area (Å²) < 4.78 is 0. The smallest absolute Gasteiger partial charge is 0.240 e. The van der Waals surface area contributed by atoms with Crippen LogP contribution in [0.5, 0.6) is 0 Å². The Morgan fingerprint density at radius 3 is 2.50 bits per heavy atom. The highest BCUT2D eigenvalue weighted by molar-refractivity contribution is 7.14. The summed E-state index contributed by atoms with van der Waals surface area (Å²) in [7, 11) is 0. The summed E-state index contributed by atoms with van der Waals surface area (Å²) in [5.41, 5.74) is 1.07. The number of aromatic nitrogens is 1. The molecule has 0 saturated heterocycles. The molecule has 0 fully saturated rings. The fraction of sp³-hybridized carbons (Fsp3) is 0.333. The molecule has 0 saturated carbocycles. The Labute approximate surface area is 128 Å². The molecule has 0 N–H and O–H groups in total. The lowest BCUT2D eigenvalue weighted by atomic mass is 9.94. The van der Waals surface area contributed by atoms with Crippen LogP contribution >= 0.6 is 22.9 Å². The van der Waals surface area contributed by atoms with Gasteiger partial charge in [0.15, 0.2) is 5.13 Å². The number of rotatable bonds is 4. The number of benzene rings is 1. The molecule has 1 heterocycles. The van der Waals surface area contributed by atoms with Crippen molar-refractivity contribution in [1.82, 2.24) is 4.98 Å². The normalized spacial score (nSPS) is 11.4. The van der Waals surface area contributed by atoms with Crippen LogP contribution in [0, 0.1) is 12.3 Å². The van der Waals surface area contributed by atoms with Crippen molar-refractivity contribution in [2.45, 2.75) is 20.8 Å². The molecule has 0 aliphatic carbocycles. The Morgan fingerprint density at radius 1 is 1.35 bits per heavy atom. The highest BCUT2D eigenvalue weighted by Gasteiger charge is 2.34. The minimum Gasteiger partial charge on any atom is -0.273 e. The molecule has 106 valence electrons. The third kappa shape index (κ3) is 3.02. The number of carbonyl (C=O) groups is 1. The maximum Gasteiger partial charge on any atom is 0.240 e. The lowest BCUT2D eigenvalue weighted by Crippen LogP contribution is -2.39. The summed E-state index contributed by atoms with van der Waals surface area (Å²) >= 11 is 7.41. The number of nitrogens with zero attached hydrogens (tertiary/aromatic N) is 2. The molecule has 2 rings (SSSR count). The maximum atomic E-state index is 12.8. The fourth-order valence-electron chi connectivity index (χ4n) is 1.70. The van der Waals surface area contributed by atoms with Gasteiger partial charge >= 0.3 is 0 Å². The van der Waals surface area contributed by atoms with Gasteiger partial charge in [0.2, 0.25) is 5.91 Å². The quantitative estimate of drug-likeness (QED) is 0.785. The second kappa shape index (κ2) is 5.94. The van der Waals surface area contributed by atoms with Gasteiger partial charge in [-0.15, -0.1) is 22.9 Å². The number of anilines is 2. The molecule has 0 aliphatic rings. The molecule has 0 unspecified atom stereocenters. The number of para-hydroxylation sites is 1. The van der Waals surface area contributed by atoms with Crippen LogP contribution < -0.4 is 4.90 Å². The largest absolute Gasteiger partial charge is 0.273 e. The van der Waals surface area contributed by atoms with Crippen LogP contribution in [-0.4, -0.2) is 16.8 Å². The van der Waals surface area contributed by atoms with E-state index in [4.69, 9.17) is 11.6 Å². The Morgan fingerprint density at radius 2 is 2.00 bits per heavy atom. The van der Waals surface area contributed by atoms with E-state index in [-0.39, 0.29) is 11.8 Å². The van der Waals surface area contributed by atoms with Crippen LogP contribution in [0.4, 0.5) is 10.8 Å². The van der Waals surface area contributed by atoms with Gasteiger partial charge in [-0.25, -0.2) is 4.98 Å². The van der Waals surface area contributed by atoms with Crippen LogP contribution in [0.2, 0.25) is 0 Å². The Kier molecular flexibility index (Phi) is 4.45. The van der Waals surface area contributed by atoms with Crippen molar-refractivity contribution in [3.05, 3.63) is 41.4 Å². The van der Waals surface area contributed by atoms with Crippen LogP contribution in [-0.2, 0) is 4.79 Å². The van der Waals surface area contributed by atoms with Crippen LogP contribution in [0.15, 0.2) is 35.7 Å². The molecule has 1 aromatic heterocycles. The van der Waals surface area contributed by atoms with E-state index < -0.39 is 5.41 Å². The average molecular weight is 309 g/mol. The van der Waals surface area contributed by atoms with Gasteiger partial charge in [0.25, 0.3) is 0 Å². The van der Waals surface area contributed by atoms with Crippen molar-refractivity contribution >= 4 is 39.7 Å². The lowest BCUT2D eigenvalue weighted by molar-refractivity contribution is -0.124. The Bertz CT molecular complexity index is 595. The minimum atomic E-state index is -0.642. The number of thiazole rings is 1. The summed E-state index contributed by atoms with van der Waals surface area (Å²) in [6.07, 6.45) is 0. The summed E-state index contributed by atoms with van der Waals surface area (Å²) in [6.45, 7) is 5.61. The highest BCUT2D eigenvalue weighted by Crippen LogP contribution is 2.33. The van der Waals surface area contributed by atoms with Gasteiger partial charge in [-0.05, 0) is 32.9 Å². The number of aryl methyl sites for hydroxylation is 1. The molecule has 0 atom stereocenters. The zero-order valence-electron chi connectivity index (χ0n) is 11.8. The van der Waals surface area contributed by atoms with Gasteiger partial charge in [0, 0.05) is 11.3 Å². The van der Waals surface area contributed by atoms with E-state index in [2.05, 4.69) is 4.98 Å². The van der Waals surface area contributed by atoms with E-state index in [1.807, 2.05) is 56.5 Å². The number of alkyl halides is 1. The minimum absolute atomic E-state index is 0.0481. The SMILES string of the molecule is Cc1csc(N(C(=O)C(C)(C)CCl)c2ccccc2)n1. The fourth-order valence-corrected chi connectivity index (χ4v) is 2.63. The summed E-state index contributed by atoms with van der Waals surface area (Å²) in [6, 6.07) is 9.54. The van der Waals surface area contributed by atoms with Crippen LogP contribution in [0.3, 0.4) is 0 Å². The van der Waals surface area contributed by atoms with E-state index in [0.717, 1.165) is 11.4 Å². The summed E-state index contributed by atoms with van der Waals surface area (Å²) in [5.74, 6) is 0.215. The van der Waals surface area contributed by atoms with E-state index in [1.54, 1.807) is 4.90 Å². The third-order valence-electron chi connectivity index (χ3n) is 2.93. The predicted molar refractivity (Wildman–Crippen MR) is 84.9 cm³/mol. The van der Waals surface area contributed by atoms with Crippen molar-refractivity contribution in [3.8, 4) is 0 Å². The molecular formula is C15H17ClN2OS. The monoisotopic (exact) mass is 308 g/mol. The van der Waals surface area contributed by atoms with Crippen molar-refractivity contribution < 1.29 is 4.79 Å². The average Bonchev–Trinajstić information content (AvgIpc) is 2.86. The van der Waals surface area contributed by atoms with Crippen LogP contribution in [0.25, 0.3) is 0 Å². The molecule has 5 heteroatoms. The number of carbonyl (C=O) groups excluding carboxylic acids is 1. The maximum absolute atomic E-state index is 12.8. The molecule has 0 bridgehead atoms. The number of halogens is 1. The standard InChI is InChI=1S/C15H17ClN2OS/c1-11-9-20-14(17-11)18(12-7-5-4-6-8-12)13(19)15(2,3)10-16/h4-9H,10H2,1-3H3. The van der Waals surface area contributed by atoms with Crippen molar-refractivity contribution in [1.29, 1.82) is 0 Å². The van der Waals surface area contributed by atoms with Gasteiger partial charge in [-0.1, -0.05) is 18.2 Å². The van der Waals surface area contributed by atoms with Crippen molar-refractivity contribution in [3.63, 3.8) is 0 Å². The molecule has 2 aromatic rings. The van der Waals surface area contributed by atoms with Crippen LogP contribution in [0.1, 0.15) is 19.5 Å². The molecule has 20 heavy (non-hydrogen) atoms. The molecule has 0 spiro atoms. The lowest BCUT2D eigenvalue weighted by Gasteiger charge is -2.28. The Balaban J connectivity index is 2.48. The molecule has 3 nitrogen and oxygen atoms in total. The zero-order chi connectivity index (χ0) is 14.8. The van der Waals surface area contributed by atoms with Crippen molar-refractivity contribution in [2.24, 2.45) is 5.41 Å². The van der Waals surface area contributed by atoms with E-state index in [1.165, 1.54) is 11.3 Å². The first-order chi connectivity index (χ1) is 9.45. The van der Waals surface area contributed by atoms with Gasteiger partial charge in [0.1, 0.15) is 0 Å². The zero-order valence-corrected chi connectivity index (χ0v) is 13.3. The topological polar surface area (TPSA) is 33.2 Å². The van der Waals surface area contributed by atoms with Gasteiger partial charge in [-0.3, -0.25) is 9.69 Å². The second-order valence-electron chi connectivity index (χ2n) is 5.27. The molecule has 0 aliphatic heterocycles. The molecule has 1 amide bonds. The molecular weight excluding hydrogens is 292 g/mol. The highest BCUT2D eigenvalue weighted by atomic mass is 35.5. The van der Waals surface area contributed by atoms with E-state index in [0.29, 0.717) is 5.13 Å². The van der Waals surface area contributed by atoms with E-state index >= 15 is 0 Å². The van der Waals surface area contributed by atoms with Gasteiger partial charge in [-0.2, -0.15) is 0 Å². The first kappa shape index (κ1) is 15.0. The third-order valence-corrected chi connectivity index (χ3v) is 4.54. The second-order valence-corrected chi connectivity index (χ2v) is 6.37. The first-order valence-corrected chi connectivity index (χ1v) is 7.75. The Hall–Kier alpha value is -1.39. The number of hydrogen-bond acceptors (Lipinski definition) is 3. The first-order valence-electron chi connectivity index (χ1n) is 6.33. The number of hydrogen-bond donors (Lipinski definition) is 0. The van der Waals surface area contributed by atoms with Gasteiger partial charge in [0.05, 0.1) is 16.8 Å². The predicted octanol–water partition coefficient (Wildman–Crippen LogP) is 4.38. The van der Waals surface area contributed by atoms with Gasteiger partial charge < -0.3 is 0 Å². The molecule has 0 radical (unpaired) electrons. The number of amides is 1.